The molecule has 0 bridgehead atoms. The molecule has 0 spiro atoms. The lowest BCUT2D eigenvalue weighted by Crippen LogP contribution is -2.22. The molecular formula is C19H26N2O3. The van der Waals surface area contributed by atoms with Crippen LogP contribution in [0, 0.1) is 17.3 Å². The number of benzene rings is 1. The van der Waals surface area contributed by atoms with Crippen molar-refractivity contribution < 1.29 is 14.3 Å². The molecular weight excluding hydrogens is 304 g/mol. The second-order valence-corrected chi connectivity index (χ2v) is 6.91. The molecule has 3 unspecified atom stereocenters. The van der Waals surface area contributed by atoms with E-state index in [-0.39, 0.29) is 17.2 Å². The number of ether oxygens (including phenoxy) is 2. The molecule has 2 aliphatic carbocycles. The van der Waals surface area contributed by atoms with Crippen LogP contribution in [0.1, 0.15) is 45.1 Å². The van der Waals surface area contributed by atoms with Crippen molar-refractivity contribution in [3.05, 3.63) is 23.8 Å². The number of nitrogens with one attached hydrogen (secondary N) is 1. The zero-order valence-electron chi connectivity index (χ0n) is 14.7. The largest absolute Gasteiger partial charge is 0.493 e. The highest BCUT2D eigenvalue weighted by molar-refractivity contribution is 5.86. The van der Waals surface area contributed by atoms with Gasteiger partial charge in [-0.3, -0.25) is 4.79 Å². The quantitative estimate of drug-likeness (QED) is 0.642. The highest BCUT2D eigenvalue weighted by Crippen LogP contribution is 2.66. The zero-order valence-corrected chi connectivity index (χ0v) is 14.7. The number of carbonyl (C=O) groups excluding carboxylic acids is 1. The van der Waals surface area contributed by atoms with Gasteiger partial charge in [0.2, 0.25) is 5.91 Å². The van der Waals surface area contributed by atoms with Gasteiger partial charge in [0.05, 0.1) is 19.9 Å². The van der Waals surface area contributed by atoms with Gasteiger partial charge in [-0.2, -0.15) is 5.10 Å². The Morgan fingerprint density at radius 3 is 2.92 bits per heavy atom. The van der Waals surface area contributed by atoms with E-state index < -0.39 is 0 Å². The van der Waals surface area contributed by atoms with Gasteiger partial charge in [0.15, 0.2) is 11.5 Å². The lowest BCUT2D eigenvalue weighted by atomic mass is 9.90. The van der Waals surface area contributed by atoms with Crippen LogP contribution in [0.25, 0.3) is 0 Å². The molecule has 0 saturated heterocycles. The predicted molar refractivity (Wildman–Crippen MR) is 93.5 cm³/mol. The molecule has 0 aliphatic heterocycles. The molecule has 130 valence electrons. The third-order valence-electron chi connectivity index (χ3n) is 5.49. The standard InChI is InChI=1S/C19H26N2O3/c1-4-24-16-11-13(8-9-15(16)23-3)12-20-21-18(22)17-14-7-5-6-10-19(14,17)2/h8-9,11-12,14,17H,4-7,10H2,1-3H3,(H,21,22). The molecule has 1 aromatic carbocycles. The first kappa shape index (κ1) is 16.8. The topological polar surface area (TPSA) is 59.9 Å². The summed E-state index contributed by atoms with van der Waals surface area (Å²) in [5.41, 5.74) is 3.78. The van der Waals surface area contributed by atoms with Crippen molar-refractivity contribution in [1.29, 1.82) is 0 Å². The summed E-state index contributed by atoms with van der Waals surface area (Å²) in [6.45, 7) is 4.73. The van der Waals surface area contributed by atoms with Gasteiger partial charge in [0.1, 0.15) is 0 Å². The number of hydrazone groups is 1. The molecule has 2 saturated carbocycles. The fourth-order valence-corrected chi connectivity index (χ4v) is 4.13. The predicted octanol–water partition coefficient (Wildman–Crippen LogP) is 3.37. The van der Waals surface area contributed by atoms with Crippen LogP contribution in [-0.2, 0) is 4.79 Å². The summed E-state index contributed by atoms with van der Waals surface area (Å²) in [7, 11) is 1.61. The van der Waals surface area contributed by atoms with E-state index in [9.17, 15) is 4.79 Å². The first-order chi connectivity index (χ1) is 11.6. The number of fused-ring (bicyclic) bond motifs is 1. The van der Waals surface area contributed by atoms with Crippen molar-refractivity contribution in [2.45, 2.75) is 39.5 Å². The van der Waals surface area contributed by atoms with Gasteiger partial charge in [-0.25, -0.2) is 5.43 Å². The SMILES string of the molecule is CCOc1cc(C=NNC(=O)C2C3CCCCC32C)ccc1OC. The van der Waals surface area contributed by atoms with E-state index in [1.54, 1.807) is 13.3 Å². The summed E-state index contributed by atoms with van der Waals surface area (Å²) in [4.78, 5) is 12.4. The molecule has 0 heterocycles. The number of nitrogens with zero attached hydrogens (tertiary/aromatic N) is 1. The van der Waals surface area contributed by atoms with Crippen LogP contribution in [0.15, 0.2) is 23.3 Å². The number of hydrogen-bond donors (Lipinski definition) is 1. The molecule has 2 aliphatic rings. The summed E-state index contributed by atoms with van der Waals surface area (Å²) in [6.07, 6.45) is 6.48. The molecule has 1 aromatic rings. The van der Waals surface area contributed by atoms with Crippen molar-refractivity contribution >= 4 is 12.1 Å². The van der Waals surface area contributed by atoms with Crippen LogP contribution in [0.2, 0.25) is 0 Å². The lowest BCUT2D eigenvalue weighted by molar-refractivity contribution is -0.123. The van der Waals surface area contributed by atoms with Crippen molar-refractivity contribution in [2.75, 3.05) is 13.7 Å². The van der Waals surface area contributed by atoms with E-state index in [0.29, 0.717) is 24.0 Å². The number of rotatable bonds is 6. The minimum Gasteiger partial charge on any atom is -0.493 e. The molecule has 1 amide bonds. The first-order valence-corrected chi connectivity index (χ1v) is 8.74. The lowest BCUT2D eigenvalue weighted by Gasteiger charge is -2.15. The Morgan fingerprint density at radius 1 is 1.42 bits per heavy atom. The number of methoxy groups -OCH3 is 1. The Hall–Kier alpha value is -2.04. The average Bonchev–Trinajstić information content (AvgIpc) is 3.21. The average molecular weight is 330 g/mol. The summed E-state index contributed by atoms with van der Waals surface area (Å²) in [5.74, 6) is 2.10. The Kier molecular flexibility index (Phi) is 4.78. The molecule has 5 nitrogen and oxygen atoms in total. The monoisotopic (exact) mass is 330 g/mol. The Labute approximate surface area is 143 Å². The molecule has 2 fully saturated rings. The Balaban J connectivity index is 1.60. The Bertz CT molecular complexity index is 643. The van der Waals surface area contributed by atoms with Gasteiger partial charge in [-0.15, -0.1) is 0 Å². The van der Waals surface area contributed by atoms with E-state index in [1.165, 1.54) is 19.3 Å². The van der Waals surface area contributed by atoms with E-state index in [4.69, 9.17) is 9.47 Å². The molecule has 0 radical (unpaired) electrons. The minimum atomic E-state index is 0.0548. The van der Waals surface area contributed by atoms with Crippen LogP contribution < -0.4 is 14.9 Å². The third kappa shape index (κ3) is 3.12. The maximum atomic E-state index is 12.4. The second kappa shape index (κ2) is 6.83. The number of hydrogen-bond acceptors (Lipinski definition) is 4. The maximum absolute atomic E-state index is 12.4. The van der Waals surface area contributed by atoms with E-state index in [0.717, 1.165) is 12.0 Å². The smallest absolute Gasteiger partial charge is 0.244 e. The van der Waals surface area contributed by atoms with Crippen LogP contribution in [0.3, 0.4) is 0 Å². The Morgan fingerprint density at radius 2 is 2.25 bits per heavy atom. The summed E-state index contributed by atoms with van der Waals surface area (Å²) in [6, 6.07) is 5.58. The molecule has 5 heteroatoms. The molecule has 3 rings (SSSR count). The number of amides is 1. The molecule has 0 aromatic heterocycles. The van der Waals surface area contributed by atoms with Crippen molar-refractivity contribution in [1.82, 2.24) is 5.43 Å². The van der Waals surface area contributed by atoms with Crippen LogP contribution in [0.4, 0.5) is 0 Å². The highest BCUT2D eigenvalue weighted by atomic mass is 16.5. The third-order valence-corrected chi connectivity index (χ3v) is 5.49. The fourth-order valence-electron chi connectivity index (χ4n) is 4.13. The molecule has 1 N–H and O–H groups in total. The van der Waals surface area contributed by atoms with E-state index >= 15 is 0 Å². The van der Waals surface area contributed by atoms with Gasteiger partial charge >= 0.3 is 0 Å². The van der Waals surface area contributed by atoms with Crippen LogP contribution in [0.5, 0.6) is 11.5 Å². The van der Waals surface area contributed by atoms with E-state index in [1.807, 2.05) is 25.1 Å². The molecule has 3 atom stereocenters. The fraction of sp³-hybridized carbons (Fsp3) is 0.579. The number of carbonyl (C=O) groups is 1. The zero-order chi connectivity index (χ0) is 17.2. The van der Waals surface area contributed by atoms with Gasteiger partial charge < -0.3 is 9.47 Å². The van der Waals surface area contributed by atoms with Crippen molar-refractivity contribution in [3.8, 4) is 11.5 Å². The van der Waals surface area contributed by atoms with Gasteiger partial charge in [-0.1, -0.05) is 19.8 Å². The minimum absolute atomic E-state index is 0.0548. The summed E-state index contributed by atoms with van der Waals surface area (Å²) < 4.78 is 10.8. The van der Waals surface area contributed by atoms with E-state index in [2.05, 4.69) is 17.5 Å². The van der Waals surface area contributed by atoms with Crippen molar-refractivity contribution in [3.63, 3.8) is 0 Å². The summed E-state index contributed by atoms with van der Waals surface area (Å²) >= 11 is 0. The van der Waals surface area contributed by atoms with Crippen LogP contribution >= 0.6 is 0 Å². The second-order valence-electron chi connectivity index (χ2n) is 6.91. The van der Waals surface area contributed by atoms with Gasteiger partial charge in [0, 0.05) is 5.92 Å². The summed E-state index contributed by atoms with van der Waals surface area (Å²) in [5, 5.41) is 4.13. The van der Waals surface area contributed by atoms with Crippen molar-refractivity contribution in [2.24, 2.45) is 22.4 Å². The normalized spacial score (nSPS) is 28.3. The van der Waals surface area contributed by atoms with Crippen LogP contribution in [-0.4, -0.2) is 25.8 Å². The maximum Gasteiger partial charge on any atom is 0.244 e. The molecule has 24 heavy (non-hydrogen) atoms. The van der Waals surface area contributed by atoms with Gasteiger partial charge in [0.25, 0.3) is 0 Å². The van der Waals surface area contributed by atoms with Gasteiger partial charge in [-0.05, 0) is 54.9 Å². The first-order valence-electron chi connectivity index (χ1n) is 8.74. The highest BCUT2D eigenvalue weighted by Gasteiger charge is 2.64.